The summed E-state index contributed by atoms with van der Waals surface area (Å²) in [6.07, 6.45) is 0.860. The number of anilines is 1. The van der Waals surface area contributed by atoms with E-state index in [9.17, 15) is 13.2 Å². The molecule has 150 valence electrons. The van der Waals surface area contributed by atoms with Crippen LogP contribution < -0.4 is 10.1 Å². The van der Waals surface area contributed by atoms with Crippen LogP contribution in [0.4, 0.5) is 5.69 Å². The van der Waals surface area contributed by atoms with Crippen molar-refractivity contribution in [3.05, 3.63) is 52.5 Å². The number of nitrogens with zero attached hydrogens (tertiary/aromatic N) is 1. The summed E-state index contributed by atoms with van der Waals surface area (Å²) in [6.45, 7) is 0.547. The van der Waals surface area contributed by atoms with E-state index in [-0.39, 0.29) is 29.8 Å². The van der Waals surface area contributed by atoms with Gasteiger partial charge in [0.2, 0.25) is 15.9 Å². The van der Waals surface area contributed by atoms with E-state index in [4.69, 9.17) is 27.9 Å². The molecule has 1 saturated heterocycles. The summed E-state index contributed by atoms with van der Waals surface area (Å²) in [7, 11) is -2.08. The minimum absolute atomic E-state index is 0.189. The van der Waals surface area contributed by atoms with Gasteiger partial charge in [-0.2, -0.15) is 4.31 Å². The molecule has 1 amide bonds. The average Bonchev–Trinajstić information content (AvgIpc) is 2.71. The molecule has 1 N–H and O–H groups in total. The molecule has 0 aromatic heterocycles. The highest BCUT2D eigenvalue weighted by Crippen LogP contribution is 2.29. The van der Waals surface area contributed by atoms with Gasteiger partial charge in [-0.15, -0.1) is 0 Å². The van der Waals surface area contributed by atoms with Gasteiger partial charge in [-0.05, 0) is 55.3 Å². The number of piperidine rings is 1. The lowest BCUT2D eigenvalue weighted by Crippen LogP contribution is -2.41. The van der Waals surface area contributed by atoms with Crippen LogP contribution in [0.3, 0.4) is 0 Å². The largest absolute Gasteiger partial charge is 0.497 e. The van der Waals surface area contributed by atoms with Crippen LogP contribution in [-0.4, -0.2) is 38.8 Å². The molecule has 3 rings (SSSR count). The summed E-state index contributed by atoms with van der Waals surface area (Å²) in [6, 6.07) is 11.1. The number of methoxy groups -OCH3 is 1. The van der Waals surface area contributed by atoms with Gasteiger partial charge in [0, 0.05) is 24.0 Å². The molecular weight excluding hydrogens is 423 g/mol. The molecule has 6 nitrogen and oxygen atoms in total. The molecule has 9 heteroatoms. The number of carbonyl (C=O) groups excluding carboxylic acids is 1. The summed E-state index contributed by atoms with van der Waals surface area (Å²) in [5.74, 6) is 0.108. The topological polar surface area (TPSA) is 75.7 Å². The number of rotatable bonds is 5. The minimum atomic E-state index is -3.60. The van der Waals surface area contributed by atoms with Crippen LogP contribution in [0, 0.1) is 5.92 Å². The van der Waals surface area contributed by atoms with Crippen LogP contribution >= 0.6 is 23.2 Å². The Balaban J connectivity index is 1.63. The normalized spacial score (nSPS) is 16.0. The predicted molar refractivity (Wildman–Crippen MR) is 110 cm³/mol. The molecule has 1 aliphatic heterocycles. The summed E-state index contributed by atoms with van der Waals surface area (Å²) in [5, 5.41) is 3.65. The van der Waals surface area contributed by atoms with Crippen LogP contribution in [0.25, 0.3) is 0 Å². The maximum Gasteiger partial charge on any atom is 0.243 e. The molecule has 0 bridgehead atoms. The van der Waals surface area contributed by atoms with Gasteiger partial charge >= 0.3 is 0 Å². The van der Waals surface area contributed by atoms with Crippen molar-refractivity contribution in [2.45, 2.75) is 17.7 Å². The Kier molecular flexibility index (Phi) is 6.50. The SMILES string of the molecule is COc1ccc(S(=O)(=O)N2CCC(C(=O)Nc3cc(Cl)ccc3Cl)CC2)cc1. The fourth-order valence-corrected chi connectivity index (χ4v) is 4.89. The van der Waals surface area contributed by atoms with Crippen molar-refractivity contribution in [1.29, 1.82) is 0 Å². The van der Waals surface area contributed by atoms with Gasteiger partial charge in [0.15, 0.2) is 0 Å². The molecular formula is C19H20Cl2N2O4S. The van der Waals surface area contributed by atoms with Gasteiger partial charge in [0.25, 0.3) is 0 Å². The lowest BCUT2D eigenvalue weighted by Gasteiger charge is -2.30. The van der Waals surface area contributed by atoms with Gasteiger partial charge in [-0.25, -0.2) is 8.42 Å². The number of benzene rings is 2. The molecule has 0 spiro atoms. The molecule has 1 heterocycles. The second kappa shape index (κ2) is 8.69. The molecule has 0 aliphatic carbocycles. The molecule has 0 saturated carbocycles. The summed E-state index contributed by atoms with van der Waals surface area (Å²) in [5.41, 5.74) is 0.451. The molecule has 1 aliphatic rings. The van der Waals surface area contributed by atoms with E-state index in [0.717, 1.165) is 0 Å². The monoisotopic (exact) mass is 442 g/mol. The van der Waals surface area contributed by atoms with Crippen LogP contribution in [0.15, 0.2) is 47.4 Å². The van der Waals surface area contributed by atoms with Crippen molar-refractivity contribution in [2.24, 2.45) is 5.92 Å². The van der Waals surface area contributed by atoms with Crippen molar-refractivity contribution >= 4 is 44.8 Å². The molecule has 0 atom stereocenters. The number of amides is 1. The summed E-state index contributed by atoms with van der Waals surface area (Å²) >= 11 is 12.0. The van der Waals surface area contributed by atoms with E-state index in [2.05, 4.69) is 5.32 Å². The van der Waals surface area contributed by atoms with E-state index < -0.39 is 10.0 Å². The zero-order valence-electron chi connectivity index (χ0n) is 15.2. The standard InChI is InChI=1S/C19H20Cl2N2O4S/c1-27-15-3-5-16(6-4-15)28(25,26)23-10-8-13(9-11-23)19(24)22-18-12-14(20)2-7-17(18)21/h2-7,12-13H,8-11H2,1H3,(H,22,24). The third kappa shape index (κ3) is 4.60. The van der Waals surface area contributed by atoms with Crippen LogP contribution in [0.2, 0.25) is 10.0 Å². The van der Waals surface area contributed by atoms with Gasteiger partial charge in [0.05, 0.1) is 22.7 Å². The maximum absolute atomic E-state index is 12.8. The van der Waals surface area contributed by atoms with Crippen LogP contribution in [0.5, 0.6) is 5.75 Å². The Morgan fingerprint density at radius 2 is 1.75 bits per heavy atom. The highest BCUT2D eigenvalue weighted by molar-refractivity contribution is 7.89. The molecule has 28 heavy (non-hydrogen) atoms. The fourth-order valence-electron chi connectivity index (χ4n) is 3.08. The van der Waals surface area contributed by atoms with Gasteiger partial charge in [-0.3, -0.25) is 4.79 Å². The van der Waals surface area contributed by atoms with Crippen molar-refractivity contribution in [1.82, 2.24) is 4.31 Å². The lowest BCUT2D eigenvalue weighted by atomic mass is 9.97. The second-order valence-electron chi connectivity index (χ2n) is 6.47. The van der Waals surface area contributed by atoms with Crippen LogP contribution in [0.1, 0.15) is 12.8 Å². The zero-order chi connectivity index (χ0) is 20.3. The summed E-state index contributed by atoms with van der Waals surface area (Å²) in [4.78, 5) is 12.7. The Morgan fingerprint density at radius 3 is 2.36 bits per heavy atom. The first-order valence-corrected chi connectivity index (χ1v) is 10.9. The number of nitrogens with one attached hydrogen (secondary N) is 1. The third-order valence-corrected chi connectivity index (χ3v) is 7.19. The predicted octanol–water partition coefficient (Wildman–Crippen LogP) is 4.04. The van der Waals surface area contributed by atoms with Gasteiger partial charge in [0.1, 0.15) is 5.75 Å². The number of carbonyl (C=O) groups is 1. The number of sulfonamides is 1. The first kappa shape index (κ1) is 20.9. The van der Waals surface area contributed by atoms with Crippen molar-refractivity contribution in [3.8, 4) is 5.75 Å². The highest BCUT2D eigenvalue weighted by Gasteiger charge is 2.32. The Hall–Kier alpha value is -1.80. The molecule has 1 fully saturated rings. The van der Waals surface area contributed by atoms with Gasteiger partial charge < -0.3 is 10.1 Å². The quantitative estimate of drug-likeness (QED) is 0.757. The maximum atomic E-state index is 12.8. The van der Waals surface area contributed by atoms with E-state index >= 15 is 0 Å². The molecule has 2 aromatic carbocycles. The van der Waals surface area contributed by atoms with E-state index in [0.29, 0.717) is 34.3 Å². The number of halogens is 2. The molecule has 2 aromatic rings. The number of ether oxygens (including phenoxy) is 1. The second-order valence-corrected chi connectivity index (χ2v) is 9.25. The van der Waals surface area contributed by atoms with Crippen molar-refractivity contribution < 1.29 is 17.9 Å². The average molecular weight is 443 g/mol. The Morgan fingerprint density at radius 1 is 1.11 bits per heavy atom. The number of hydrogen-bond donors (Lipinski definition) is 1. The first-order chi connectivity index (χ1) is 13.3. The molecule has 0 radical (unpaired) electrons. The van der Waals surface area contributed by atoms with Gasteiger partial charge in [-0.1, -0.05) is 23.2 Å². The number of hydrogen-bond acceptors (Lipinski definition) is 4. The zero-order valence-corrected chi connectivity index (χ0v) is 17.5. The molecule has 0 unspecified atom stereocenters. The Labute approximate surface area is 174 Å². The summed E-state index contributed by atoms with van der Waals surface area (Å²) < 4.78 is 32.0. The first-order valence-electron chi connectivity index (χ1n) is 8.71. The highest BCUT2D eigenvalue weighted by atomic mass is 35.5. The lowest BCUT2D eigenvalue weighted by molar-refractivity contribution is -0.120. The van der Waals surface area contributed by atoms with E-state index in [1.54, 1.807) is 30.3 Å². The van der Waals surface area contributed by atoms with E-state index in [1.165, 1.54) is 23.5 Å². The fraction of sp³-hybridized carbons (Fsp3) is 0.316. The van der Waals surface area contributed by atoms with Crippen molar-refractivity contribution in [2.75, 3.05) is 25.5 Å². The Bertz CT molecular complexity index is 956. The van der Waals surface area contributed by atoms with Crippen molar-refractivity contribution in [3.63, 3.8) is 0 Å². The third-order valence-electron chi connectivity index (χ3n) is 4.71. The van der Waals surface area contributed by atoms with E-state index in [1.807, 2.05) is 0 Å². The minimum Gasteiger partial charge on any atom is -0.497 e. The van der Waals surface area contributed by atoms with Crippen LogP contribution in [-0.2, 0) is 14.8 Å². The smallest absolute Gasteiger partial charge is 0.243 e.